The SMILES string of the molecule is [2H]c1[nH]c(SCc2ccc([S+](C)[O-])cc2)nc1-c1ccc(F)cc1. The molecule has 3 aromatic rings. The van der Waals surface area contributed by atoms with Gasteiger partial charge in [-0.2, -0.15) is 0 Å². The fourth-order valence-electron chi connectivity index (χ4n) is 2.01. The lowest BCUT2D eigenvalue weighted by Gasteiger charge is -2.04. The predicted octanol–water partition coefficient (Wildman–Crippen LogP) is 4.25. The summed E-state index contributed by atoms with van der Waals surface area (Å²) in [7, 11) is 0. The van der Waals surface area contributed by atoms with Crippen molar-refractivity contribution in [3.63, 3.8) is 0 Å². The van der Waals surface area contributed by atoms with Crippen LogP contribution in [-0.2, 0) is 16.9 Å². The highest BCUT2D eigenvalue weighted by atomic mass is 32.2. The third-order valence-corrected chi connectivity index (χ3v) is 5.13. The van der Waals surface area contributed by atoms with Crippen LogP contribution in [0.2, 0.25) is 0 Å². The van der Waals surface area contributed by atoms with Gasteiger partial charge in [-0.25, -0.2) is 9.37 Å². The summed E-state index contributed by atoms with van der Waals surface area (Å²) in [6, 6.07) is 13.5. The molecule has 0 radical (unpaired) electrons. The fraction of sp³-hybridized carbons (Fsp3) is 0.118. The highest BCUT2D eigenvalue weighted by Gasteiger charge is 2.07. The van der Waals surface area contributed by atoms with Crippen molar-refractivity contribution < 1.29 is 10.3 Å². The second kappa shape index (κ2) is 7.21. The molecule has 1 unspecified atom stereocenters. The van der Waals surface area contributed by atoms with Crippen molar-refractivity contribution in [1.29, 1.82) is 0 Å². The van der Waals surface area contributed by atoms with Crippen LogP contribution in [0.5, 0.6) is 0 Å². The van der Waals surface area contributed by atoms with Crippen LogP contribution in [0.3, 0.4) is 0 Å². The van der Waals surface area contributed by atoms with Crippen LogP contribution in [0.15, 0.2) is 64.8 Å². The summed E-state index contributed by atoms with van der Waals surface area (Å²) in [6.45, 7) is 0. The second-order valence-corrected chi connectivity index (χ2v) is 7.25. The Morgan fingerprint density at radius 1 is 1.22 bits per heavy atom. The number of aromatic nitrogens is 2. The summed E-state index contributed by atoms with van der Waals surface area (Å²) < 4.78 is 32.4. The van der Waals surface area contributed by atoms with E-state index >= 15 is 0 Å². The van der Waals surface area contributed by atoms with Crippen molar-refractivity contribution in [2.75, 3.05) is 6.26 Å². The first-order valence-corrected chi connectivity index (χ1v) is 9.45. The smallest absolute Gasteiger partial charge is 0.166 e. The van der Waals surface area contributed by atoms with Crippen LogP contribution in [-0.4, -0.2) is 20.8 Å². The summed E-state index contributed by atoms with van der Waals surface area (Å²) in [5.74, 6) is 0.374. The van der Waals surface area contributed by atoms with E-state index in [1.54, 1.807) is 18.4 Å². The number of thioether (sulfide) groups is 1. The summed E-state index contributed by atoms with van der Waals surface area (Å²) in [4.78, 5) is 8.15. The van der Waals surface area contributed by atoms with E-state index in [2.05, 4.69) is 9.97 Å². The van der Waals surface area contributed by atoms with Gasteiger partial charge in [0.2, 0.25) is 0 Å². The number of nitrogens with zero attached hydrogens (tertiary/aromatic N) is 1. The lowest BCUT2D eigenvalue weighted by Crippen LogP contribution is -1.96. The van der Waals surface area contributed by atoms with E-state index in [0.29, 0.717) is 22.2 Å². The molecule has 0 fully saturated rings. The van der Waals surface area contributed by atoms with Crippen molar-refractivity contribution in [3.8, 4) is 11.3 Å². The monoisotopic (exact) mass is 347 g/mol. The first kappa shape index (κ1) is 14.8. The number of hydrogen-bond donors (Lipinski definition) is 1. The Morgan fingerprint density at radius 2 is 1.91 bits per heavy atom. The topological polar surface area (TPSA) is 51.7 Å². The molecule has 1 N–H and O–H groups in total. The maximum absolute atomic E-state index is 13.0. The number of benzene rings is 2. The van der Waals surface area contributed by atoms with Gasteiger partial charge in [0.15, 0.2) is 10.1 Å². The highest BCUT2D eigenvalue weighted by Crippen LogP contribution is 2.24. The third kappa shape index (κ3) is 4.16. The molecule has 23 heavy (non-hydrogen) atoms. The lowest BCUT2D eigenvalue weighted by atomic mass is 10.2. The van der Waals surface area contributed by atoms with Crippen LogP contribution in [0, 0.1) is 5.82 Å². The van der Waals surface area contributed by atoms with Crippen LogP contribution in [0.1, 0.15) is 6.93 Å². The Balaban J connectivity index is 1.70. The molecule has 0 amide bonds. The van der Waals surface area contributed by atoms with Crippen molar-refractivity contribution in [3.05, 3.63) is 66.1 Å². The highest BCUT2D eigenvalue weighted by molar-refractivity contribution is 7.98. The molecule has 1 atom stereocenters. The quantitative estimate of drug-likeness (QED) is 0.555. The van der Waals surface area contributed by atoms with Crippen molar-refractivity contribution in [2.24, 2.45) is 0 Å². The van der Waals surface area contributed by atoms with Crippen molar-refractivity contribution in [1.82, 2.24) is 9.97 Å². The number of imidazole rings is 1. The first-order valence-electron chi connectivity index (χ1n) is 7.40. The molecule has 3 rings (SSSR count). The van der Waals surface area contributed by atoms with Crippen LogP contribution < -0.4 is 0 Å². The molecular weight excluding hydrogens is 331 g/mol. The van der Waals surface area contributed by atoms with Crippen molar-refractivity contribution in [2.45, 2.75) is 15.8 Å². The molecule has 0 aliphatic heterocycles. The Kier molecular flexibility index (Phi) is 4.64. The number of nitrogens with one attached hydrogen (secondary N) is 1. The predicted molar refractivity (Wildman–Crippen MR) is 92.3 cm³/mol. The Labute approximate surface area is 142 Å². The average molecular weight is 347 g/mol. The summed E-state index contributed by atoms with van der Waals surface area (Å²) >= 11 is 0.507. The van der Waals surface area contributed by atoms with E-state index in [9.17, 15) is 8.94 Å². The molecule has 0 aliphatic carbocycles. The van der Waals surface area contributed by atoms with E-state index < -0.39 is 11.2 Å². The lowest BCUT2D eigenvalue weighted by molar-refractivity contribution is 0.601. The zero-order valence-electron chi connectivity index (χ0n) is 13.4. The number of H-pyrrole nitrogens is 1. The summed E-state index contributed by atoms with van der Waals surface area (Å²) in [5.41, 5.74) is 2.30. The molecule has 0 bridgehead atoms. The minimum atomic E-state index is -0.977. The van der Waals surface area contributed by atoms with Gasteiger partial charge in [0.05, 0.1) is 7.06 Å². The van der Waals surface area contributed by atoms with Crippen molar-refractivity contribution >= 4 is 22.9 Å². The van der Waals surface area contributed by atoms with Gasteiger partial charge in [-0.1, -0.05) is 23.9 Å². The van der Waals surface area contributed by atoms with Crippen LogP contribution in [0.4, 0.5) is 4.39 Å². The van der Waals surface area contributed by atoms with E-state index in [4.69, 9.17) is 1.37 Å². The normalized spacial score (nSPS) is 12.9. The largest absolute Gasteiger partial charge is 0.612 e. The average Bonchev–Trinajstić information content (AvgIpc) is 2.95. The second-order valence-electron chi connectivity index (χ2n) is 4.91. The molecule has 0 saturated carbocycles. The maximum Gasteiger partial charge on any atom is 0.166 e. The Bertz CT molecular complexity index is 820. The van der Waals surface area contributed by atoms with Gasteiger partial charge in [-0.05, 0) is 53.1 Å². The van der Waals surface area contributed by atoms with Gasteiger partial charge in [-0.15, -0.1) is 0 Å². The van der Waals surface area contributed by atoms with E-state index in [1.165, 1.54) is 23.9 Å². The molecule has 118 valence electrons. The summed E-state index contributed by atoms with van der Waals surface area (Å²) in [6.07, 6.45) is 1.86. The molecule has 0 saturated heterocycles. The van der Waals surface area contributed by atoms with Crippen LogP contribution >= 0.6 is 11.8 Å². The Hall–Kier alpha value is -1.76. The van der Waals surface area contributed by atoms with E-state index in [0.717, 1.165) is 10.5 Å². The third-order valence-electron chi connectivity index (χ3n) is 3.25. The zero-order chi connectivity index (χ0) is 17.1. The first-order chi connectivity index (χ1) is 11.5. The molecular formula is C17H15FN2OS2. The Morgan fingerprint density at radius 3 is 2.57 bits per heavy atom. The number of halogens is 1. The van der Waals surface area contributed by atoms with Gasteiger partial charge in [0.25, 0.3) is 0 Å². The minimum absolute atomic E-state index is 0.209. The standard InChI is InChI=1S/C17H15FN2OS2/c1-23(21)15-8-2-12(3-9-15)11-22-17-19-10-16(20-17)13-4-6-14(18)7-5-13/h2-10H,11H2,1H3,(H,19,20)/i10D. The number of hydrogen-bond acceptors (Lipinski definition) is 3. The van der Waals surface area contributed by atoms with Gasteiger partial charge < -0.3 is 9.54 Å². The van der Waals surface area contributed by atoms with Crippen LogP contribution in [0.25, 0.3) is 11.3 Å². The molecule has 0 aliphatic rings. The number of aromatic amines is 1. The molecule has 1 heterocycles. The molecule has 3 nitrogen and oxygen atoms in total. The van der Waals surface area contributed by atoms with E-state index in [-0.39, 0.29) is 12.0 Å². The minimum Gasteiger partial charge on any atom is -0.612 e. The molecule has 2 aromatic carbocycles. The van der Waals surface area contributed by atoms with Gasteiger partial charge in [0.1, 0.15) is 12.1 Å². The fourth-order valence-corrected chi connectivity index (χ4v) is 3.31. The zero-order valence-corrected chi connectivity index (χ0v) is 14.0. The number of rotatable bonds is 5. The molecule has 0 spiro atoms. The van der Waals surface area contributed by atoms with E-state index in [1.807, 2.05) is 24.3 Å². The maximum atomic E-state index is 13.0. The molecule has 1 aromatic heterocycles. The van der Waals surface area contributed by atoms with Gasteiger partial charge >= 0.3 is 0 Å². The summed E-state index contributed by atoms with van der Waals surface area (Å²) in [5, 5.41) is 0.641. The van der Waals surface area contributed by atoms with Gasteiger partial charge in [0, 0.05) is 17.5 Å². The molecule has 6 heteroatoms. The van der Waals surface area contributed by atoms with Gasteiger partial charge in [-0.3, -0.25) is 0 Å².